The molecule has 0 amide bonds. The van der Waals surface area contributed by atoms with Crippen molar-refractivity contribution in [3.05, 3.63) is 24.5 Å². The standard InChI is InChI=1S/C10H15ClN2O/c1-3-4-13-7-10(6-12-13)14-8-9(2)5-11/h6-7H,2-5,8H2,1H3. The molecule has 0 aromatic carbocycles. The third-order valence-corrected chi connectivity index (χ3v) is 2.07. The average Bonchev–Trinajstić information content (AvgIpc) is 2.63. The van der Waals surface area contributed by atoms with E-state index in [2.05, 4.69) is 18.6 Å². The zero-order chi connectivity index (χ0) is 10.4. The van der Waals surface area contributed by atoms with Crippen molar-refractivity contribution in [3.63, 3.8) is 0 Å². The van der Waals surface area contributed by atoms with Gasteiger partial charge in [0, 0.05) is 12.4 Å². The second-order valence-corrected chi connectivity index (χ2v) is 3.38. The number of halogens is 1. The molecule has 1 aromatic heterocycles. The Morgan fingerprint density at radius 2 is 2.50 bits per heavy atom. The topological polar surface area (TPSA) is 27.1 Å². The Kier molecular flexibility index (Phi) is 4.53. The van der Waals surface area contributed by atoms with E-state index in [9.17, 15) is 0 Å². The third-order valence-electron chi connectivity index (χ3n) is 1.69. The van der Waals surface area contributed by atoms with Gasteiger partial charge in [0.2, 0.25) is 0 Å². The molecular weight excluding hydrogens is 200 g/mol. The van der Waals surface area contributed by atoms with Crippen LogP contribution in [0, 0.1) is 0 Å². The highest BCUT2D eigenvalue weighted by atomic mass is 35.5. The molecule has 0 radical (unpaired) electrons. The maximum atomic E-state index is 5.57. The molecule has 1 aromatic rings. The van der Waals surface area contributed by atoms with Gasteiger partial charge in [0.05, 0.1) is 12.4 Å². The molecule has 0 saturated carbocycles. The highest BCUT2D eigenvalue weighted by Crippen LogP contribution is 2.09. The maximum absolute atomic E-state index is 5.57. The minimum Gasteiger partial charge on any atom is -0.486 e. The molecule has 14 heavy (non-hydrogen) atoms. The fourth-order valence-corrected chi connectivity index (χ4v) is 1.07. The summed E-state index contributed by atoms with van der Waals surface area (Å²) < 4.78 is 7.28. The van der Waals surface area contributed by atoms with Crippen LogP contribution >= 0.6 is 11.6 Å². The summed E-state index contributed by atoms with van der Waals surface area (Å²) in [5, 5.41) is 4.14. The van der Waals surface area contributed by atoms with Crippen molar-refractivity contribution in [2.24, 2.45) is 0 Å². The van der Waals surface area contributed by atoms with E-state index in [-0.39, 0.29) is 0 Å². The van der Waals surface area contributed by atoms with Crippen molar-refractivity contribution in [1.82, 2.24) is 9.78 Å². The second kappa shape index (κ2) is 5.70. The van der Waals surface area contributed by atoms with Crippen molar-refractivity contribution >= 4 is 11.6 Å². The van der Waals surface area contributed by atoms with E-state index in [0.29, 0.717) is 12.5 Å². The Bertz CT molecular complexity index is 296. The van der Waals surface area contributed by atoms with Crippen LogP contribution in [-0.4, -0.2) is 22.3 Å². The van der Waals surface area contributed by atoms with Crippen molar-refractivity contribution < 1.29 is 4.74 Å². The van der Waals surface area contributed by atoms with E-state index >= 15 is 0 Å². The molecule has 0 aliphatic carbocycles. The van der Waals surface area contributed by atoms with E-state index in [0.717, 1.165) is 24.3 Å². The molecule has 0 fully saturated rings. The lowest BCUT2D eigenvalue weighted by molar-refractivity contribution is 0.352. The summed E-state index contributed by atoms with van der Waals surface area (Å²) in [6.45, 7) is 7.23. The molecule has 1 heterocycles. The molecule has 0 spiro atoms. The summed E-state index contributed by atoms with van der Waals surface area (Å²) in [4.78, 5) is 0. The Morgan fingerprint density at radius 3 is 3.14 bits per heavy atom. The first kappa shape index (κ1) is 11.1. The number of aryl methyl sites for hydroxylation is 1. The highest BCUT2D eigenvalue weighted by molar-refractivity contribution is 6.19. The quantitative estimate of drug-likeness (QED) is 0.537. The molecule has 0 aliphatic rings. The Morgan fingerprint density at radius 1 is 1.71 bits per heavy atom. The SMILES string of the molecule is C=C(CCl)COc1cnn(CCC)c1. The van der Waals surface area contributed by atoms with Gasteiger partial charge in [-0.1, -0.05) is 13.5 Å². The van der Waals surface area contributed by atoms with Crippen LogP contribution in [0.2, 0.25) is 0 Å². The third kappa shape index (κ3) is 3.42. The fraction of sp³-hybridized carbons (Fsp3) is 0.500. The Hall–Kier alpha value is -0.960. The molecule has 0 aliphatic heterocycles. The smallest absolute Gasteiger partial charge is 0.157 e. The molecule has 3 nitrogen and oxygen atoms in total. The van der Waals surface area contributed by atoms with Crippen LogP contribution in [0.4, 0.5) is 0 Å². The van der Waals surface area contributed by atoms with Gasteiger partial charge in [0.1, 0.15) is 6.61 Å². The lowest BCUT2D eigenvalue weighted by atomic mass is 10.4. The van der Waals surface area contributed by atoms with E-state index < -0.39 is 0 Å². The second-order valence-electron chi connectivity index (χ2n) is 3.11. The normalized spacial score (nSPS) is 10.1. The molecule has 0 atom stereocenters. The van der Waals surface area contributed by atoms with Crippen LogP contribution in [-0.2, 0) is 6.54 Å². The molecule has 0 N–H and O–H groups in total. The summed E-state index contributed by atoms with van der Waals surface area (Å²) in [7, 11) is 0. The van der Waals surface area contributed by atoms with Gasteiger partial charge in [-0.05, 0) is 12.0 Å². The monoisotopic (exact) mass is 214 g/mol. The Balaban J connectivity index is 2.39. The van der Waals surface area contributed by atoms with Crippen LogP contribution in [0.25, 0.3) is 0 Å². The molecule has 78 valence electrons. The van der Waals surface area contributed by atoms with Gasteiger partial charge in [0.25, 0.3) is 0 Å². The van der Waals surface area contributed by atoms with E-state index in [1.54, 1.807) is 6.20 Å². The van der Waals surface area contributed by atoms with Crippen molar-refractivity contribution in [3.8, 4) is 5.75 Å². The molecule has 0 saturated heterocycles. The zero-order valence-corrected chi connectivity index (χ0v) is 9.13. The van der Waals surface area contributed by atoms with E-state index in [4.69, 9.17) is 16.3 Å². The molecular formula is C10H15ClN2O. The van der Waals surface area contributed by atoms with E-state index in [1.807, 2.05) is 10.9 Å². The molecule has 1 rings (SSSR count). The first-order valence-corrected chi connectivity index (χ1v) is 5.17. The van der Waals surface area contributed by atoms with Crippen LogP contribution < -0.4 is 4.74 Å². The largest absolute Gasteiger partial charge is 0.486 e. The van der Waals surface area contributed by atoms with Crippen molar-refractivity contribution in [2.75, 3.05) is 12.5 Å². The highest BCUT2D eigenvalue weighted by Gasteiger charge is 1.99. The Labute approximate surface area is 89.3 Å². The van der Waals surface area contributed by atoms with Gasteiger partial charge in [-0.25, -0.2) is 0 Å². The lowest BCUT2D eigenvalue weighted by Gasteiger charge is -2.02. The predicted molar refractivity (Wildman–Crippen MR) is 57.9 cm³/mol. The summed E-state index contributed by atoms with van der Waals surface area (Å²) in [5.74, 6) is 1.20. The number of ether oxygens (including phenoxy) is 1. The number of nitrogens with zero attached hydrogens (tertiary/aromatic N) is 2. The van der Waals surface area contributed by atoms with Gasteiger partial charge in [-0.15, -0.1) is 11.6 Å². The van der Waals surface area contributed by atoms with Crippen LogP contribution in [0.5, 0.6) is 5.75 Å². The number of hydrogen-bond donors (Lipinski definition) is 0. The summed E-state index contributed by atoms with van der Waals surface area (Å²) >= 11 is 5.57. The van der Waals surface area contributed by atoms with E-state index in [1.165, 1.54) is 0 Å². The number of alkyl halides is 1. The first-order valence-electron chi connectivity index (χ1n) is 4.64. The van der Waals surface area contributed by atoms with Gasteiger partial charge >= 0.3 is 0 Å². The summed E-state index contributed by atoms with van der Waals surface area (Å²) in [6.07, 6.45) is 4.65. The van der Waals surface area contributed by atoms with Crippen LogP contribution in [0.15, 0.2) is 24.5 Å². The number of rotatable bonds is 6. The van der Waals surface area contributed by atoms with Gasteiger partial charge in [-0.3, -0.25) is 4.68 Å². The molecule has 0 bridgehead atoms. The molecule has 0 unspecified atom stereocenters. The molecule has 4 heteroatoms. The van der Waals surface area contributed by atoms with Gasteiger partial charge in [-0.2, -0.15) is 5.10 Å². The predicted octanol–water partition coefficient (Wildman–Crippen LogP) is 2.47. The van der Waals surface area contributed by atoms with Crippen molar-refractivity contribution in [2.45, 2.75) is 19.9 Å². The van der Waals surface area contributed by atoms with Crippen molar-refractivity contribution in [1.29, 1.82) is 0 Å². The number of hydrogen-bond acceptors (Lipinski definition) is 2. The van der Waals surface area contributed by atoms with Gasteiger partial charge in [0.15, 0.2) is 5.75 Å². The minimum atomic E-state index is 0.434. The minimum absolute atomic E-state index is 0.434. The summed E-state index contributed by atoms with van der Waals surface area (Å²) in [5.41, 5.74) is 0.870. The lowest BCUT2D eigenvalue weighted by Crippen LogP contribution is -2.00. The van der Waals surface area contributed by atoms with Crippen LogP contribution in [0.3, 0.4) is 0 Å². The number of aromatic nitrogens is 2. The average molecular weight is 215 g/mol. The fourth-order valence-electron chi connectivity index (χ4n) is 0.994. The summed E-state index contributed by atoms with van der Waals surface area (Å²) in [6, 6.07) is 0. The first-order chi connectivity index (χ1) is 6.76. The zero-order valence-electron chi connectivity index (χ0n) is 8.37. The van der Waals surface area contributed by atoms with Crippen LogP contribution in [0.1, 0.15) is 13.3 Å². The maximum Gasteiger partial charge on any atom is 0.157 e. The van der Waals surface area contributed by atoms with Gasteiger partial charge < -0.3 is 4.74 Å².